The number of nitrogens with one attached hydrogen (secondary N) is 1. The number of carboxylic acid groups (broad SMARTS) is 1. The van der Waals surface area contributed by atoms with Gasteiger partial charge in [-0.3, -0.25) is 0 Å². The number of nitrogens with zero attached hydrogens (tertiary/aromatic N) is 1. The number of likely N-dealkylation sites (tertiary alicyclic amines) is 1. The van der Waals surface area contributed by atoms with Crippen LogP contribution in [0.2, 0.25) is 0 Å². The van der Waals surface area contributed by atoms with E-state index >= 15 is 0 Å². The predicted octanol–water partition coefficient (Wildman–Crippen LogP) is 2.15. The summed E-state index contributed by atoms with van der Waals surface area (Å²) in [7, 11) is 3.69. The molecule has 0 spiro atoms. The number of aromatic carboxylic acids is 1. The van der Waals surface area contributed by atoms with E-state index in [4.69, 9.17) is 4.74 Å². The number of carboxylic acids is 1. The molecule has 0 saturated carbocycles. The van der Waals surface area contributed by atoms with E-state index in [2.05, 4.69) is 24.2 Å². The molecule has 0 aliphatic carbocycles. The summed E-state index contributed by atoms with van der Waals surface area (Å²) in [6.45, 7) is 4.23. The summed E-state index contributed by atoms with van der Waals surface area (Å²) >= 11 is 0. The molecule has 20 heavy (non-hydrogen) atoms. The molecule has 1 aromatic carbocycles. The highest BCUT2D eigenvalue weighted by molar-refractivity contribution is 5.94. The van der Waals surface area contributed by atoms with Gasteiger partial charge in [0.1, 0.15) is 5.75 Å². The molecule has 5 heteroatoms. The second-order valence-electron chi connectivity index (χ2n) is 5.50. The van der Waals surface area contributed by atoms with Crippen LogP contribution in [0.5, 0.6) is 5.75 Å². The molecule has 110 valence electrons. The third-order valence-electron chi connectivity index (χ3n) is 3.91. The summed E-state index contributed by atoms with van der Waals surface area (Å²) in [5.41, 5.74) is 0.926. The minimum atomic E-state index is -0.921. The smallest absolute Gasteiger partial charge is 0.337 e. The van der Waals surface area contributed by atoms with Crippen LogP contribution < -0.4 is 10.1 Å². The van der Waals surface area contributed by atoms with E-state index in [0.29, 0.717) is 17.4 Å². The van der Waals surface area contributed by atoms with Gasteiger partial charge in [0, 0.05) is 18.7 Å². The number of piperidine rings is 1. The number of methoxy groups -OCH3 is 1. The van der Waals surface area contributed by atoms with Gasteiger partial charge >= 0.3 is 5.97 Å². The summed E-state index contributed by atoms with van der Waals surface area (Å²) in [5.74, 6) is 0.218. The summed E-state index contributed by atoms with van der Waals surface area (Å²) in [6.07, 6.45) is 1.01. The van der Waals surface area contributed by atoms with Crippen molar-refractivity contribution in [2.75, 3.05) is 32.6 Å². The van der Waals surface area contributed by atoms with Crippen LogP contribution in [-0.4, -0.2) is 49.3 Å². The topological polar surface area (TPSA) is 61.8 Å². The van der Waals surface area contributed by atoms with E-state index in [1.165, 1.54) is 0 Å². The monoisotopic (exact) mass is 278 g/mol. The average Bonchev–Trinajstić information content (AvgIpc) is 2.41. The van der Waals surface area contributed by atoms with Crippen molar-refractivity contribution in [3.05, 3.63) is 23.8 Å². The highest BCUT2D eigenvalue weighted by atomic mass is 16.5. The molecule has 1 heterocycles. The Bertz CT molecular complexity index is 490. The molecule has 1 aliphatic heterocycles. The fraction of sp³-hybridized carbons (Fsp3) is 0.533. The minimum Gasteiger partial charge on any atom is -0.497 e. The molecule has 2 atom stereocenters. The predicted molar refractivity (Wildman–Crippen MR) is 78.6 cm³/mol. The van der Waals surface area contributed by atoms with E-state index in [-0.39, 0.29) is 11.6 Å². The highest BCUT2D eigenvalue weighted by Crippen LogP contribution is 2.26. The molecular weight excluding hydrogens is 256 g/mol. The molecular formula is C15H22N2O3. The molecule has 2 unspecified atom stereocenters. The second kappa shape index (κ2) is 6.13. The Balaban J connectivity index is 2.20. The van der Waals surface area contributed by atoms with Crippen LogP contribution in [0.1, 0.15) is 23.7 Å². The maximum atomic E-state index is 11.3. The van der Waals surface area contributed by atoms with E-state index in [1.54, 1.807) is 25.3 Å². The summed E-state index contributed by atoms with van der Waals surface area (Å²) in [6, 6.07) is 5.31. The number of hydrogen-bond acceptors (Lipinski definition) is 4. The third kappa shape index (κ3) is 3.22. The normalized spacial score (nSPS) is 23.4. The maximum absolute atomic E-state index is 11.3. The van der Waals surface area contributed by atoms with Crippen molar-refractivity contribution in [2.24, 2.45) is 5.92 Å². The summed E-state index contributed by atoms with van der Waals surface area (Å²) in [4.78, 5) is 13.6. The maximum Gasteiger partial charge on any atom is 0.337 e. The third-order valence-corrected chi connectivity index (χ3v) is 3.91. The van der Waals surface area contributed by atoms with Crippen LogP contribution in [-0.2, 0) is 0 Å². The van der Waals surface area contributed by atoms with E-state index in [0.717, 1.165) is 19.5 Å². The number of hydrogen-bond donors (Lipinski definition) is 2. The Labute approximate surface area is 119 Å². The first kappa shape index (κ1) is 14.7. The van der Waals surface area contributed by atoms with Gasteiger partial charge in [0.15, 0.2) is 0 Å². The zero-order valence-corrected chi connectivity index (χ0v) is 12.2. The van der Waals surface area contributed by atoms with Crippen molar-refractivity contribution < 1.29 is 14.6 Å². The van der Waals surface area contributed by atoms with Gasteiger partial charge in [0.05, 0.1) is 18.4 Å². The molecule has 2 rings (SSSR count). The van der Waals surface area contributed by atoms with Gasteiger partial charge in [-0.15, -0.1) is 0 Å². The van der Waals surface area contributed by atoms with Crippen LogP contribution in [0.25, 0.3) is 0 Å². The zero-order chi connectivity index (χ0) is 14.7. The van der Waals surface area contributed by atoms with Crippen molar-refractivity contribution in [2.45, 2.75) is 19.4 Å². The Hall–Kier alpha value is -1.75. The van der Waals surface area contributed by atoms with E-state index in [9.17, 15) is 9.90 Å². The summed E-state index contributed by atoms with van der Waals surface area (Å²) in [5, 5.41) is 12.7. The number of carbonyl (C=O) groups is 1. The van der Waals surface area contributed by atoms with Crippen LogP contribution in [0.4, 0.5) is 5.69 Å². The van der Waals surface area contributed by atoms with Gasteiger partial charge in [-0.2, -0.15) is 0 Å². The van der Waals surface area contributed by atoms with Gasteiger partial charge < -0.3 is 20.1 Å². The zero-order valence-electron chi connectivity index (χ0n) is 12.2. The first-order valence-electron chi connectivity index (χ1n) is 6.87. The lowest BCUT2D eigenvalue weighted by Gasteiger charge is -2.36. The van der Waals surface area contributed by atoms with Crippen LogP contribution in [0, 0.1) is 5.92 Å². The standard InChI is InChI=1S/C15H22N2O3/c1-10-9-17(2)7-6-13(10)16-14-8-11(20-3)4-5-12(14)15(18)19/h4-5,8,10,13,16H,6-7,9H2,1-3H3,(H,18,19). The molecule has 1 saturated heterocycles. The lowest BCUT2D eigenvalue weighted by molar-refractivity contribution is 0.0697. The molecule has 1 aliphatic rings. The molecule has 0 amide bonds. The number of ether oxygens (including phenoxy) is 1. The lowest BCUT2D eigenvalue weighted by Crippen LogP contribution is -2.43. The van der Waals surface area contributed by atoms with Crippen molar-refractivity contribution in [3.63, 3.8) is 0 Å². The number of anilines is 1. The number of rotatable bonds is 4. The van der Waals surface area contributed by atoms with Crippen LogP contribution in [0.15, 0.2) is 18.2 Å². The van der Waals surface area contributed by atoms with Crippen molar-refractivity contribution in [1.82, 2.24) is 4.90 Å². The molecule has 1 aromatic rings. The van der Waals surface area contributed by atoms with Gasteiger partial charge in [0.2, 0.25) is 0 Å². The molecule has 0 radical (unpaired) electrons. The largest absolute Gasteiger partial charge is 0.497 e. The van der Waals surface area contributed by atoms with Crippen molar-refractivity contribution in [1.29, 1.82) is 0 Å². The molecule has 1 fully saturated rings. The lowest BCUT2D eigenvalue weighted by atomic mass is 9.93. The number of benzene rings is 1. The minimum absolute atomic E-state index is 0.288. The van der Waals surface area contributed by atoms with E-state index < -0.39 is 5.97 Å². The Morgan fingerprint density at radius 3 is 2.85 bits per heavy atom. The first-order valence-corrected chi connectivity index (χ1v) is 6.87. The van der Waals surface area contributed by atoms with Crippen LogP contribution >= 0.6 is 0 Å². The molecule has 5 nitrogen and oxygen atoms in total. The molecule has 0 bridgehead atoms. The Kier molecular flexibility index (Phi) is 4.49. The van der Waals surface area contributed by atoms with Gasteiger partial charge in [0.25, 0.3) is 0 Å². The van der Waals surface area contributed by atoms with Crippen LogP contribution in [0.3, 0.4) is 0 Å². The second-order valence-corrected chi connectivity index (χ2v) is 5.50. The van der Waals surface area contributed by atoms with E-state index in [1.807, 2.05) is 0 Å². The summed E-state index contributed by atoms with van der Waals surface area (Å²) < 4.78 is 5.18. The van der Waals surface area contributed by atoms with Gasteiger partial charge in [-0.05, 0) is 38.1 Å². The van der Waals surface area contributed by atoms with Crippen molar-refractivity contribution in [3.8, 4) is 5.75 Å². The fourth-order valence-electron chi connectivity index (χ4n) is 2.72. The quantitative estimate of drug-likeness (QED) is 0.883. The Morgan fingerprint density at radius 1 is 1.50 bits per heavy atom. The van der Waals surface area contributed by atoms with Crippen molar-refractivity contribution >= 4 is 11.7 Å². The first-order chi connectivity index (χ1) is 9.51. The fourth-order valence-corrected chi connectivity index (χ4v) is 2.72. The molecule has 0 aromatic heterocycles. The highest BCUT2D eigenvalue weighted by Gasteiger charge is 2.25. The average molecular weight is 278 g/mol. The SMILES string of the molecule is COc1ccc(C(=O)O)c(NC2CCN(C)CC2C)c1. The Morgan fingerprint density at radius 2 is 2.25 bits per heavy atom. The van der Waals surface area contributed by atoms with Gasteiger partial charge in [-0.1, -0.05) is 6.92 Å². The molecule has 2 N–H and O–H groups in total. The van der Waals surface area contributed by atoms with Gasteiger partial charge in [-0.25, -0.2) is 4.79 Å².